The summed E-state index contributed by atoms with van der Waals surface area (Å²) in [5.41, 5.74) is 1.60. The molecular weight excluding hydrogens is 375 g/mol. The summed E-state index contributed by atoms with van der Waals surface area (Å²) in [5, 5.41) is 2.76. The highest BCUT2D eigenvalue weighted by molar-refractivity contribution is 5.89. The maximum atomic E-state index is 13.0. The number of hydrogen-bond acceptors (Lipinski definition) is 5. The summed E-state index contributed by atoms with van der Waals surface area (Å²) in [6.45, 7) is 4.29. The highest BCUT2D eigenvalue weighted by Crippen LogP contribution is 2.15. The predicted molar refractivity (Wildman–Crippen MR) is 109 cm³/mol. The Morgan fingerprint density at radius 1 is 1.14 bits per heavy atom. The van der Waals surface area contributed by atoms with Crippen LogP contribution in [0.15, 0.2) is 47.4 Å². The number of fused-ring (bicyclic) bond motifs is 1. The van der Waals surface area contributed by atoms with E-state index in [4.69, 9.17) is 0 Å². The number of anilines is 2. The van der Waals surface area contributed by atoms with Crippen LogP contribution in [-0.2, 0) is 6.54 Å². The molecular formula is C20H21FN6O2. The van der Waals surface area contributed by atoms with E-state index < -0.39 is 0 Å². The van der Waals surface area contributed by atoms with E-state index in [1.165, 1.54) is 24.3 Å². The van der Waals surface area contributed by atoms with Crippen LogP contribution >= 0.6 is 0 Å². The molecule has 0 unspecified atom stereocenters. The molecule has 1 aromatic carbocycles. The molecule has 0 aliphatic carbocycles. The predicted octanol–water partition coefficient (Wildman–Crippen LogP) is 2.30. The van der Waals surface area contributed by atoms with Crippen LogP contribution in [-0.4, -0.2) is 51.6 Å². The van der Waals surface area contributed by atoms with Crippen molar-refractivity contribution in [1.82, 2.24) is 19.4 Å². The third-order valence-electron chi connectivity index (χ3n) is 4.96. The number of pyridine rings is 1. The Morgan fingerprint density at radius 3 is 2.55 bits per heavy atom. The fourth-order valence-corrected chi connectivity index (χ4v) is 3.42. The van der Waals surface area contributed by atoms with Crippen molar-refractivity contribution in [3.05, 3.63) is 58.8 Å². The summed E-state index contributed by atoms with van der Waals surface area (Å²) < 4.78 is 14.6. The first-order valence-corrected chi connectivity index (χ1v) is 9.49. The molecule has 1 fully saturated rings. The van der Waals surface area contributed by atoms with Crippen molar-refractivity contribution in [3.8, 4) is 0 Å². The first-order chi connectivity index (χ1) is 14.1. The van der Waals surface area contributed by atoms with Crippen LogP contribution in [0.1, 0.15) is 6.92 Å². The number of carbonyl (C=O) groups is 1. The molecule has 9 heteroatoms. The van der Waals surface area contributed by atoms with E-state index >= 15 is 0 Å². The number of amides is 2. The van der Waals surface area contributed by atoms with Gasteiger partial charge >= 0.3 is 6.03 Å². The Balaban J connectivity index is 1.48. The van der Waals surface area contributed by atoms with Crippen LogP contribution in [0, 0.1) is 5.82 Å². The maximum Gasteiger partial charge on any atom is 0.321 e. The zero-order valence-corrected chi connectivity index (χ0v) is 16.0. The second-order valence-electron chi connectivity index (χ2n) is 6.74. The van der Waals surface area contributed by atoms with Gasteiger partial charge in [-0.25, -0.2) is 19.2 Å². The van der Waals surface area contributed by atoms with Crippen molar-refractivity contribution in [3.63, 3.8) is 0 Å². The molecule has 1 saturated heterocycles. The number of benzene rings is 1. The highest BCUT2D eigenvalue weighted by Gasteiger charge is 2.25. The van der Waals surface area contributed by atoms with E-state index in [-0.39, 0.29) is 17.4 Å². The molecule has 0 radical (unpaired) electrons. The summed E-state index contributed by atoms with van der Waals surface area (Å²) in [4.78, 5) is 37.7. The van der Waals surface area contributed by atoms with Gasteiger partial charge in [0.1, 0.15) is 11.3 Å². The molecule has 2 amide bonds. The summed E-state index contributed by atoms with van der Waals surface area (Å²) >= 11 is 0. The fraction of sp³-hybridized carbons (Fsp3) is 0.300. The summed E-state index contributed by atoms with van der Waals surface area (Å²) in [7, 11) is 0. The van der Waals surface area contributed by atoms with Gasteiger partial charge < -0.3 is 15.1 Å². The molecule has 8 nitrogen and oxygen atoms in total. The van der Waals surface area contributed by atoms with E-state index in [1.54, 1.807) is 21.7 Å². The van der Waals surface area contributed by atoms with Crippen molar-refractivity contribution in [1.29, 1.82) is 0 Å². The van der Waals surface area contributed by atoms with Crippen molar-refractivity contribution < 1.29 is 9.18 Å². The smallest absolute Gasteiger partial charge is 0.321 e. The normalized spacial score (nSPS) is 14.3. The largest absolute Gasteiger partial charge is 0.348 e. The highest BCUT2D eigenvalue weighted by atomic mass is 19.1. The van der Waals surface area contributed by atoms with E-state index in [9.17, 15) is 14.0 Å². The number of rotatable bonds is 3. The minimum Gasteiger partial charge on any atom is -0.348 e. The van der Waals surface area contributed by atoms with Crippen molar-refractivity contribution >= 4 is 28.7 Å². The Bertz CT molecular complexity index is 1090. The lowest BCUT2D eigenvalue weighted by Gasteiger charge is -2.35. The Hall–Kier alpha value is -3.49. The SMILES string of the molecule is CCn1c(=O)c(N2CCN(C(=O)Nc3ccc(F)cc3)CC2)nc2cccnc21. The van der Waals surface area contributed by atoms with E-state index in [2.05, 4.69) is 15.3 Å². The number of halogens is 1. The number of aryl methyl sites for hydroxylation is 1. The van der Waals surface area contributed by atoms with Crippen LogP contribution in [0.2, 0.25) is 0 Å². The molecule has 0 spiro atoms. The second kappa shape index (κ2) is 7.86. The molecule has 0 saturated carbocycles. The summed E-state index contributed by atoms with van der Waals surface area (Å²) in [6.07, 6.45) is 1.65. The van der Waals surface area contributed by atoms with Gasteiger partial charge in [-0.1, -0.05) is 0 Å². The lowest BCUT2D eigenvalue weighted by Crippen LogP contribution is -2.51. The second-order valence-corrected chi connectivity index (χ2v) is 6.74. The van der Waals surface area contributed by atoms with Crippen molar-refractivity contribution in [2.75, 3.05) is 36.4 Å². The monoisotopic (exact) mass is 396 g/mol. The number of nitrogens with one attached hydrogen (secondary N) is 1. The van der Waals surface area contributed by atoms with Gasteiger partial charge in [0.15, 0.2) is 11.5 Å². The van der Waals surface area contributed by atoms with Gasteiger partial charge in [0.05, 0.1) is 0 Å². The van der Waals surface area contributed by atoms with Crippen LogP contribution in [0.4, 0.5) is 20.7 Å². The Kier molecular flexibility index (Phi) is 5.11. The topological polar surface area (TPSA) is 83.4 Å². The van der Waals surface area contributed by atoms with E-state index in [1.807, 2.05) is 17.9 Å². The zero-order valence-electron chi connectivity index (χ0n) is 16.0. The third-order valence-corrected chi connectivity index (χ3v) is 4.96. The maximum absolute atomic E-state index is 13.0. The molecule has 150 valence electrons. The molecule has 3 aromatic rings. The molecule has 1 aliphatic heterocycles. The van der Waals surface area contributed by atoms with Gasteiger partial charge in [-0.3, -0.25) is 9.36 Å². The minimum absolute atomic E-state index is 0.178. The summed E-state index contributed by atoms with van der Waals surface area (Å²) in [5.74, 6) is 0.0263. The molecule has 0 bridgehead atoms. The van der Waals surface area contributed by atoms with Crippen LogP contribution in [0.25, 0.3) is 11.2 Å². The lowest BCUT2D eigenvalue weighted by atomic mass is 10.3. The van der Waals surface area contributed by atoms with Gasteiger partial charge in [-0.2, -0.15) is 0 Å². The van der Waals surface area contributed by atoms with E-state index in [0.29, 0.717) is 55.4 Å². The molecule has 1 aliphatic rings. The first kappa shape index (κ1) is 18.9. The zero-order chi connectivity index (χ0) is 20.4. The lowest BCUT2D eigenvalue weighted by molar-refractivity contribution is 0.208. The van der Waals surface area contributed by atoms with Gasteiger partial charge in [0, 0.05) is 44.6 Å². The number of nitrogens with zero attached hydrogens (tertiary/aromatic N) is 5. The van der Waals surface area contributed by atoms with Gasteiger partial charge in [0.25, 0.3) is 5.56 Å². The molecule has 2 aromatic heterocycles. The minimum atomic E-state index is -0.354. The van der Waals surface area contributed by atoms with Crippen molar-refractivity contribution in [2.45, 2.75) is 13.5 Å². The first-order valence-electron chi connectivity index (χ1n) is 9.49. The number of urea groups is 1. The molecule has 0 atom stereocenters. The molecule has 1 N–H and O–H groups in total. The fourth-order valence-electron chi connectivity index (χ4n) is 3.42. The molecule has 3 heterocycles. The van der Waals surface area contributed by atoms with Gasteiger partial charge in [-0.05, 0) is 43.3 Å². The van der Waals surface area contributed by atoms with E-state index in [0.717, 1.165) is 0 Å². The van der Waals surface area contributed by atoms with Crippen molar-refractivity contribution in [2.24, 2.45) is 0 Å². The quantitative estimate of drug-likeness (QED) is 0.735. The van der Waals surface area contributed by atoms with Gasteiger partial charge in [-0.15, -0.1) is 0 Å². The molecule has 29 heavy (non-hydrogen) atoms. The molecule has 4 rings (SSSR count). The average Bonchev–Trinajstić information content (AvgIpc) is 2.75. The van der Waals surface area contributed by atoms with Crippen LogP contribution in [0.3, 0.4) is 0 Å². The average molecular weight is 396 g/mol. The standard InChI is InChI=1S/C20H21FN6O2/c1-2-27-17-16(4-3-9-22-17)24-18(19(27)28)25-10-12-26(13-11-25)20(29)23-15-7-5-14(21)6-8-15/h3-9H,2,10-13H2,1H3,(H,23,29). The number of hydrogen-bond donors (Lipinski definition) is 1. The van der Waals surface area contributed by atoms with Gasteiger partial charge in [0.2, 0.25) is 0 Å². The number of aromatic nitrogens is 3. The Labute approximate surface area is 166 Å². The number of piperazine rings is 1. The number of carbonyl (C=O) groups excluding carboxylic acids is 1. The van der Waals surface area contributed by atoms with Crippen LogP contribution in [0.5, 0.6) is 0 Å². The van der Waals surface area contributed by atoms with Crippen LogP contribution < -0.4 is 15.8 Å². The third kappa shape index (κ3) is 3.75. The summed E-state index contributed by atoms with van der Waals surface area (Å²) in [6, 6.07) is 9.01. The Morgan fingerprint density at radius 2 is 1.86 bits per heavy atom.